The van der Waals surface area contributed by atoms with Gasteiger partial charge in [-0.25, -0.2) is 13.2 Å². The van der Waals surface area contributed by atoms with Crippen molar-refractivity contribution >= 4 is 37.3 Å². The maximum atomic E-state index is 12.5. The zero-order valence-electron chi connectivity index (χ0n) is 17.1. The molecule has 31 heavy (non-hydrogen) atoms. The Kier molecular flexibility index (Phi) is 6.91. The van der Waals surface area contributed by atoms with Crippen LogP contribution in [0.3, 0.4) is 0 Å². The van der Waals surface area contributed by atoms with Crippen LogP contribution < -0.4 is 10.6 Å². The van der Waals surface area contributed by atoms with Crippen molar-refractivity contribution in [2.45, 2.75) is 42.9 Å². The van der Waals surface area contributed by atoms with Crippen LogP contribution in [0.1, 0.15) is 59.5 Å². The molecule has 9 heteroatoms. The fourth-order valence-electron chi connectivity index (χ4n) is 4.18. The van der Waals surface area contributed by atoms with Gasteiger partial charge in [0.15, 0.2) is 0 Å². The number of aromatic carboxylic acids is 1. The van der Waals surface area contributed by atoms with Crippen molar-refractivity contribution in [1.82, 2.24) is 0 Å². The van der Waals surface area contributed by atoms with Crippen molar-refractivity contribution < 1.29 is 23.1 Å². The van der Waals surface area contributed by atoms with E-state index in [1.807, 2.05) is 6.92 Å². The van der Waals surface area contributed by atoms with E-state index in [0.29, 0.717) is 11.1 Å². The van der Waals surface area contributed by atoms with Crippen LogP contribution in [0.15, 0.2) is 47.4 Å². The molecule has 0 saturated carbocycles. The van der Waals surface area contributed by atoms with Crippen LogP contribution in [0.25, 0.3) is 0 Å². The Bertz CT molecular complexity index is 1080. The second-order valence-electron chi connectivity index (χ2n) is 7.80. The number of hydrogen-bond donors (Lipinski definition) is 2. The molecule has 2 aromatic rings. The number of piperidine rings is 1. The van der Waals surface area contributed by atoms with Gasteiger partial charge in [-0.3, -0.25) is 4.79 Å². The Morgan fingerprint density at radius 3 is 2.19 bits per heavy atom. The third kappa shape index (κ3) is 5.19. The van der Waals surface area contributed by atoms with E-state index in [4.69, 9.17) is 21.5 Å². The molecular formula is C22H25ClN2O5S. The van der Waals surface area contributed by atoms with Crippen LogP contribution in [0.4, 0.5) is 5.69 Å². The molecule has 7 nitrogen and oxygen atoms in total. The van der Waals surface area contributed by atoms with E-state index in [1.54, 1.807) is 18.2 Å². The summed E-state index contributed by atoms with van der Waals surface area (Å²) in [5, 5.41) is 9.13. The molecule has 166 valence electrons. The number of nitrogens with two attached hydrogens (primary N) is 1. The van der Waals surface area contributed by atoms with Crippen molar-refractivity contribution in [3.05, 3.63) is 59.2 Å². The van der Waals surface area contributed by atoms with E-state index >= 15 is 0 Å². The average molecular weight is 465 g/mol. The van der Waals surface area contributed by atoms with E-state index in [2.05, 4.69) is 4.90 Å². The summed E-state index contributed by atoms with van der Waals surface area (Å²) in [5.74, 6) is -2.90. The number of carboxylic acids is 1. The number of nitrogens with zero attached hydrogens (tertiary/aromatic N) is 1. The van der Waals surface area contributed by atoms with E-state index < -0.39 is 32.8 Å². The van der Waals surface area contributed by atoms with E-state index in [-0.39, 0.29) is 10.5 Å². The van der Waals surface area contributed by atoms with Crippen LogP contribution in [-0.2, 0) is 13.8 Å². The highest BCUT2D eigenvalue weighted by molar-refractivity contribution is 8.13. The number of rotatable bonds is 7. The molecule has 1 amide bonds. The molecule has 1 fully saturated rings. The maximum Gasteiger partial charge on any atom is 0.335 e. The summed E-state index contributed by atoms with van der Waals surface area (Å²) in [5.41, 5.74) is 7.92. The van der Waals surface area contributed by atoms with Gasteiger partial charge in [0.2, 0.25) is 5.91 Å². The number of amides is 1. The zero-order valence-corrected chi connectivity index (χ0v) is 18.7. The molecule has 2 atom stereocenters. The van der Waals surface area contributed by atoms with Gasteiger partial charge in [-0.05, 0) is 66.6 Å². The molecule has 0 spiro atoms. The van der Waals surface area contributed by atoms with Gasteiger partial charge in [-0.1, -0.05) is 19.1 Å². The first kappa shape index (κ1) is 23.1. The van der Waals surface area contributed by atoms with Crippen molar-refractivity contribution in [2.24, 2.45) is 5.73 Å². The molecule has 1 aliphatic rings. The highest BCUT2D eigenvalue weighted by atomic mass is 35.7. The quantitative estimate of drug-likeness (QED) is 0.603. The Labute approximate surface area is 186 Å². The predicted molar refractivity (Wildman–Crippen MR) is 119 cm³/mol. The summed E-state index contributed by atoms with van der Waals surface area (Å²) in [6, 6.07) is 10.7. The second kappa shape index (κ2) is 9.28. The number of carbonyl (C=O) groups is 2. The standard InChI is InChI=1S/C22H25ClN2O5S/c1-14(20(21(24)26)15-5-7-16(8-6-15)22(27)28)18-13-17(31(23,29)30)9-10-19(18)25-11-3-2-4-12-25/h5-10,13-14,20H,2-4,11-12H2,1H3,(H2,24,26)(H,27,28). The highest BCUT2D eigenvalue weighted by Crippen LogP contribution is 2.40. The minimum atomic E-state index is -3.96. The molecule has 0 aromatic heterocycles. The van der Waals surface area contributed by atoms with Crippen LogP contribution >= 0.6 is 10.7 Å². The molecule has 0 aliphatic carbocycles. The lowest BCUT2D eigenvalue weighted by molar-refractivity contribution is -0.119. The largest absolute Gasteiger partial charge is 0.478 e. The van der Waals surface area contributed by atoms with Crippen molar-refractivity contribution in [3.8, 4) is 0 Å². The average Bonchev–Trinajstić information content (AvgIpc) is 2.73. The number of carboxylic acid groups (broad SMARTS) is 1. The summed E-state index contributed by atoms with van der Waals surface area (Å²) >= 11 is 0. The summed E-state index contributed by atoms with van der Waals surface area (Å²) in [7, 11) is 1.63. The van der Waals surface area contributed by atoms with Crippen molar-refractivity contribution in [1.29, 1.82) is 0 Å². The third-order valence-electron chi connectivity index (χ3n) is 5.79. The van der Waals surface area contributed by atoms with Crippen molar-refractivity contribution in [3.63, 3.8) is 0 Å². The smallest absolute Gasteiger partial charge is 0.335 e. The minimum Gasteiger partial charge on any atom is -0.478 e. The van der Waals surface area contributed by atoms with Gasteiger partial charge in [-0.15, -0.1) is 0 Å². The Morgan fingerprint density at radius 1 is 1.06 bits per heavy atom. The Balaban J connectivity index is 2.09. The molecular weight excluding hydrogens is 440 g/mol. The normalized spacial score (nSPS) is 16.5. The van der Waals surface area contributed by atoms with Gasteiger partial charge < -0.3 is 15.7 Å². The summed E-state index contributed by atoms with van der Waals surface area (Å²) < 4.78 is 23.9. The van der Waals surface area contributed by atoms with Crippen LogP contribution in [0.2, 0.25) is 0 Å². The molecule has 3 N–H and O–H groups in total. The van der Waals surface area contributed by atoms with Gasteiger partial charge in [0.1, 0.15) is 0 Å². The lowest BCUT2D eigenvalue weighted by Gasteiger charge is -2.33. The molecule has 2 unspecified atom stereocenters. The molecule has 2 aromatic carbocycles. The molecule has 0 bridgehead atoms. The van der Waals surface area contributed by atoms with E-state index in [0.717, 1.165) is 38.0 Å². The number of carbonyl (C=O) groups excluding carboxylic acids is 1. The van der Waals surface area contributed by atoms with Crippen LogP contribution in [-0.4, -0.2) is 38.5 Å². The van der Waals surface area contributed by atoms with Gasteiger partial charge in [0, 0.05) is 29.5 Å². The van der Waals surface area contributed by atoms with Crippen molar-refractivity contribution in [2.75, 3.05) is 18.0 Å². The number of benzene rings is 2. The topological polar surface area (TPSA) is 118 Å². The first-order valence-electron chi connectivity index (χ1n) is 10.1. The first-order chi connectivity index (χ1) is 14.6. The fourth-order valence-corrected chi connectivity index (χ4v) is 4.97. The molecule has 3 rings (SSSR count). The zero-order chi connectivity index (χ0) is 22.8. The van der Waals surface area contributed by atoms with E-state index in [9.17, 15) is 18.0 Å². The SMILES string of the molecule is CC(c1cc(S(=O)(=O)Cl)ccc1N1CCCCC1)C(C(N)=O)c1ccc(C(=O)O)cc1. The summed E-state index contributed by atoms with van der Waals surface area (Å²) in [6.07, 6.45) is 3.19. The third-order valence-corrected chi connectivity index (χ3v) is 7.14. The molecule has 0 radical (unpaired) electrons. The Hall–Kier alpha value is -2.58. The van der Waals surface area contributed by atoms with Crippen LogP contribution in [0.5, 0.6) is 0 Å². The van der Waals surface area contributed by atoms with Crippen LogP contribution in [0, 0.1) is 0 Å². The molecule has 1 aliphatic heterocycles. The number of primary amides is 1. The second-order valence-corrected chi connectivity index (χ2v) is 10.4. The number of anilines is 1. The summed E-state index contributed by atoms with van der Waals surface area (Å²) in [6.45, 7) is 3.48. The van der Waals surface area contributed by atoms with E-state index in [1.165, 1.54) is 24.3 Å². The molecule has 1 saturated heterocycles. The minimum absolute atomic E-state index is 0.0405. The van der Waals surface area contributed by atoms with Gasteiger partial charge >= 0.3 is 5.97 Å². The monoisotopic (exact) mass is 464 g/mol. The molecule has 1 heterocycles. The lowest BCUT2D eigenvalue weighted by atomic mass is 9.81. The fraction of sp³-hybridized carbons (Fsp3) is 0.364. The summed E-state index contributed by atoms with van der Waals surface area (Å²) in [4.78, 5) is 25.8. The highest BCUT2D eigenvalue weighted by Gasteiger charge is 2.30. The number of hydrogen-bond acceptors (Lipinski definition) is 5. The number of halogens is 1. The first-order valence-corrected chi connectivity index (χ1v) is 12.4. The predicted octanol–water partition coefficient (Wildman–Crippen LogP) is 3.68. The Morgan fingerprint density at radius 2 is 1.68 bits per heavy atom. The maximum absolute atomic E-state index is 12.5. The lowest BCUT2D eigenvalue weighted by Crippen LogP contribution is -2.32. The van der Waals surface area contributed by atoms with Gasteiger partial charge in [0.25, 0.3) is 9.05 Å². The van der Waals surface area contributed by atoms with Gasteiger partial charge in [-0.2, -0.15) is 0 Å². The van der Waals surface area contributed by atoms with Gasteiger partial charge in [0.05, 0.1) is 16.4 Å².